The molecule has 0 amide bonds. The van der Waals surface area contributed by atoms with Crippen molar-refractivity contribution in [2.75, 3.05) is 27.9 Å². The molecule has 0 spiro atoms. The van der Waals surface area contributed by atoms with Gasteiger partial charge in [-0.15, -0.1) is 0 Å². The predicted molar refractivity (Wildman–Crippen MR) is 150 cm³/mol. The van der Waals surface area contributed by atoms with Crippen molar-refractivity contribution in [1.82, 2.24) is 9.80 Å². The van der Waals surface area contributed by atoms with Crippen molar-refractivity contribution < 1.29 is 43.6 Å². The number of piperazine rings is 1. The Morgan fingerprint density at radius 2 is 1.77 bits per heavy atom. The van der Waals surface area contributed by atoms with E-state index in [9.17, 15) is 34.7 Å². The summed E-state index contributed by atoms with van der Waals surface area (Å²) in [6.45, 7) is 5.84. The topological polar surface area (TPSA) is 167 Å². The van der Waals surface area contributed by atoms with E-state index in [1.165, 1.54) is 28.1 Å². The lowest BCUT2D eigenvalue weighted by atomic mass is 9.69. The average molecular weight is 592 g/mol. The van der Waals surface area contributed by atoms with Gasteiger partial charge in [-0.3, -0.25) is 24.2 Å². The molecular weight excluding hydrogens is 558 g/mol. The van der Waals surface area contributed by atoms with Crippen LogP contribution in [0.25, 0.3) is 0 Å². The summed E-state index contributed by atoms with van der Waals surface area (Å²) in [4.78, 5) is 57.7. The Morgan fingerprint density at radius 1 is 1.09 bits per heavy atom. The Balaban J connectivity index is 1.78. The minimum atomic E-state index is -1.18. The number of ketones is 3. The van der Waals surface area contributed by atoms with Crippen LogP contribution in [-0.2, 0) is 23.9 Å². The number of hydrogen-bond donors (Lipinski definition) is 2. The molecule has 0 saturated carbocycles. The van der Waals surface area contributed by atoms with Crippen LogP contribution in [0.2, 0.25) is 0 Å². The molecule has 12 heteroatoms. The van der Waals surface area contributed by atoms with Crippen molar-refractivity contribution >= 4 is 23.3 Å². The van der Waals surface area contributed by atoms with Gasteiger partial charge in [0.1, 0.15) is 24.4 Å². The van der Waals surface area contributed by atoms with Crippen LogP contribution < -0.4 is 4.74 Å². The molecule has 0 unspecified atom stereocenters. The van der Waals surface area contributed by atoms with E-state index in [1.807, 2.05) is 0 Å². The lowest BCUT2D eigenvalue weighted by Crippen LogP contribution is -2.72. The van der Waals surface area contributed by atoms with Crippen molar-refractivity contribution in [1.29, 1.82) is 5.26 Å². The third-order valence-electron chi connectivity index (χ3n) is 9.23. The number of nitrogens with zero attached hydrogens (tertiary/aromatic N) is 3. The molecule has 226 valence electrons. The fourth-order valence-electron chi connectivity index (χ4n) is 7.08. The fraction of sp³-hybridized carbons (Fsp3) is 0.452. The van der Waals surface area contributed by atoms with Gasteiger partial charge in [-0.1, -0.05) is 6.08 Å². The van der Waals surface area contributed by atoms with E-state index >= 15 is 0 Å². The summed E-state index contributed by atoms with van der Waals surface area (Å²) >= 11 is 0. The quantitative estimate of drug-likeness (QED) is 0.222. The van der Waals surface area contributed by atoms with Gasteiger partial charge in [0.15, 0.2) is 28.8 Å². The molecule has 1 aliphatic carbocycles. The summed E-state index contributed by atoms with van der Waals surface area (Å²) in [5.41, 5.74) is 0.810. The molecule has 1 aromatic carbocycles. The standard InChI is InChI=1S/C31H33N3O9/c1-8-12(2)31(40)43-11-18-19-15(24(35)13(3)29(41-6)27(19)38)9-16-22-20-21(25(36)14(4)30(42-7)28(20)39)26(37)23(33(22)5)17(10-32)34(16)18/h8,16-18,22-23,36,39H,9,11H2,1-7H3/t16-,17-,18-,22-,23+/m0/s1. The third kappa shape index (κ3) is 4.02. The monoisotopic (exact) mass is 591 g/mol. The second kappa shape index (κ2) is 10.7. The van der Waals surface area contributed by atoms with Gasteiger partial charge in [-0.05, 0) is 41.2 Å². The van der Waals surface area contributed by atoms with E-state index in [0.717, 1.165) is 0 Å². The molecule has 1 aromatic rings. The highest BCUT2D eigenvalue weighted by atomic mass is 16.5. The van der Waals surface area contributed by atoms with Crippen molar-refractivity contribution in [2.45, 2.75) is 64.3 Å². The number of benzene rings is 1. The number of aromatic hydroxyl groups is 2. The van der Waals surface area contributed by atoms with Gasteiger partial charge in [-0.2, -0.15) is 5.26 Å². The minimum Gasteiger partial charge on any atom is -0.507 e. The van der Waals surface area contributed by atoms with Gasteiger partial charge >= 0.3 is 5.97 Å². The average Bonchev–Trinajstić information content (AvgIpc) is 2.98. The summed E-state index contributed by atoms with van der Waals surface area (Å²) in [5, 5.41) is 33.1. The number of phenols is 2. The van der Waals surface area contributed by atoms with Crippen molar-refractivity contribution in [3.8, 4) is 23.3 Å². The third-order valence-corrected chi connectivity index (χ3v) is 9.23. The van der Waals surface area contributed by atoms with Crippen LogP contribution in [-0.4, -0.2) is 95.4 Å². The largest absolute Gasteiger partial charge is 0.507 e. The first-order valence-electron chi connectivity index (χ1n) is 13.8. The van der Waals surface area contributed by atoms with Crippen molar-refractivity contribution in [3.05, 3.63) is 50.8 Å². The number of fused-ring (bicyclic) bond motifs is 6. The zero-order valence-electron chi connectivity index (χ0n) is 25.0. The van der Waals surface area contributed by atoms with Gasteiger partial charge < -0.3 is 24.4 Å². The van der Waals surface area contributed by atoms with Gasteiger partial charge in [0.2, 0.25) is 5.78 Å². The normalized spacial score (nSPS) is 27.3. The van der Waals surface area contributed by atoms with E-state index in [4.69, 9.17) is 14.2 Å². The molecule has 5 rings (SSSR count). The lowest BCUT2D eigenvalue weighted by molar-refractivity contribution is -0.143. The maximum atomic E-state index is 14.1. The van der Waals surface area contributed by atoms with Gasteiger partial charge in [0.05, 0.1) is 37.9 Å². The second-order valence-electron chi connectivity index (χ2n) is 11.2. The van der Waals surface area contributed by atoms with Gasteiger partial charge in [0, 0.05) is 39.5 Å². The number of Topliss-reactive ketones (excluding diaryl/α,β-unsaturated/α-hetero) is 3. The summed E-state index contributed by atoms with van der Waals surface area (Å²) in [6.07, 6.45) is 1.54. The summed E-state index contributed by atoms with van der Waals surface area (Å²) in [6, 6.07) is -2.79. The molecule has 2 bridgehead atoms. The Bertz CT molecular complexity index is 1630. The molecular formula is C31H33N3O9. The van der Waals surface area contributed by atoms with E-state index in [1.54, 1.807) is 36.8 Å². The smallest absolute Gasteiger partial charge is 0.333 e. The van der Waals surface area contributed by atoms with Crippen LogP contribution >= 0.6 is 0 Å². The molecule has 0 aromatic heterocycles. The van der Waals surface area contributed by atoms with Crippen LogP contribution in [0.3, 0.4) is 0 Å². The predicted octanol–water partition coefficient (Wildman–Crippen LogP) is 2.18. The number of ether oxygens (including phenoxy) is 3. The first-order chi connectivity index (χ1) is 20.4. The molecule has 0 radical (unpaired) electrons. The highest BCUT2D eigenvalue weighted by molar-refractivity contribution is 6.25. The van der Waals surface area contributed by atoms with Crippen LogP contribution in [0.4, 0.5) is 0 Å². The number of carbonyl (C=O) groups excluding carboxylic acids is 4. The van der Waals surface area contributed by atoms with Crippen LogP contribution in [0, 0.1) is 18.3 Å². The van der Waals surface area contributed by atoms with Gasteiger partial charge in [0.25, 0.3) is 0 Å². The Morgan fingerprint density at radius 3 is 2.35 bits per heavy atom. The minimum absolute atomic E-state index is 0.0136. The zero-order valence-corrected chi connectivity index (χ0v) is 25.0. The number of rotatable bonds is 5. The number of phenolic OH excluding ortho intramolecular Hbond substituents is 2. The van der Waals surface area contributed by atoms with Crippen LogP contribution in [0.15, 0.2) is 34.1 Å². The highest BCUT2D eigenvalue weighted by Gasteiger charge is 2.61. The fourth-order valence-corrected chi connectivity index (χ4v) is 7.08. The number of esters is 1. The van der Waals surface area contributed by atoms with Crippen LogP contribution in [0.1, 0.15) is 54.7 Å². The number of carbonyl (C=O) groups is 4. The molecule has 4 aliphatic rings. The molecule has 3 aliphatic heterocycles. The SMILES string of the molecule is CC=C(C)C(=O)OC[C@H]1C2=C(C[C@H]3[C@H]4c5c(O)c(OC)c(C)c(O)c5C(=O)[C@@H]([C@H](C#N)N13)N4C)C(=O)C(C)=C(OC)C2=O. The molecule has 2 N–H and O–H groups in total. The molecule has 3 heterocycles. The Hall–Kier alpha value is -4.47. The zero-order chi connectivity index (χ0) is 31.7. The van der Waals surface area contributed by atoms with E-state index in [-0.39, 0.29) is 62.8 Å². The maximum absolute atomic E-state index is 14.1. The lowest BCUT2D eigenvalue weighted by Gasteiger charge is -2.59. The molecule has 1 saturated heterocycles. The van der Waals surface area contributed by atoms with E-state index in [0.29, 0.717) is 5.57 Å². The Labute approximate surface area is 248 Å². The van der Waals surface area contributed by atoms with Crippen molar-refractivity contribution in [3.63, 3.8) is 0 Å². The maximum Gasteiger partial charge on any atom is 0.333 e. The first kappa shape index (κ1) is 30.0. The van der Waals surface area contributed by atoms with Crippen LogP contribution in [0.5, 0.6) is 17.2 Å². The van der Waals surface area contributed by atoms with E-state index < -0.39 is 60.1 Å². The first-order valence-corrected chi connectivity index (χ1v) is 13.8. The number of methoxy groups -OCH3 is 2. The molecule has 1 fully saturated rings. The van der Waals surface area contributed by atoms with Crippen molar-refractivity contribution in [2.24, 2.45) is 0 Å². The second-order valence-corrected chi connectivity index (χ2v) is 11.2. The number of hydrogen-bond acceptors (Lipinski definition) is 12. The Kier molecular flexibility index (Phi) is 7.44. The molecule has 5 atom stereocenters. The molecule has 43 heavy (non-hydrogen) atoms. The highest BCUT2D eigenvalue weighted by Crippen LogP contribution is 2.56. The summed E-state index contributed by atoms with van der Waals surface area (Å²) in [7, 11) is 4.24. The number of nitriles is 1. The molecule has 12 nitrogen and oxygen atoms in total. The van der Waals surface area contributed by atoms with Gasteiger partial charge in [-0.25, -0.2) is 4.79 Å². The summed E-state index contributed by atoms with van der Waals surface area (Å²) in [5.74, 6) is -3.10. The van der Waals surface area contributed by atoms with E-state index in [2.05, 4.69) is 6.07 Å². The number of allylic oxidation sites excluding steroid dienone is 3. The number of likely N-dealkylation sites (N-methyl/N-ethyl adjacent to an activating group) is 1. The summed E-state index contributed by atoms with van der Waals surface area (Å²) < 4.78 is 16.3.